The second-order valence-electron chi connectivity index (χ2n) is 8.22. The molecule has 2 amide bonds. The van der Waals surface area contributed by atoms with Crippen molar-refractivity contribution in [3.05, 3.63) is 65.7 Å². The van der Waals surface area contributed by atoms with Gasteiger partial charge in [0.05, 0.1) is 17.5 Å². The normalized spacial score (nSPS) is 34.5. The highest BCUT2D eigenvalue weighted by Gasteiger charge is 2.67. The Morgan fingerprint density at radius 2 is 1.29 bits per heavy atom. The van der Waals surface area contributed by atoms with Gasteiger partial charge >= 0.3 is 0 Å². The lowest BCUT2D eigenvalue weighted by molar-refractivity contribution is -0.124. The van der Waals surface area contributed by atoms with Gasteiger partial charge in [-0.25, -0.2) is 0 Å². The fourth-order valence-electron chi connectivity index (χ4n) is 5.51. The minimum Gasteiger partial charge on any atom is -0.274 e. The third-order valence-electron chi connectivity index (χ3n) is 6.81. The number of allylic oxidation sites excluding steroid dienone is 2. The molecule has 0 aromatic heterocycles. The van der Waals surface area contributed by atoms with Crippen LogP contribution >= 0.6 is 23.4 Å². The molecule has 3 fully saturated rings. The first-order chi connectivity index (χ1) is 13.6. The molecule has 0 radical (unpaired) electrons. The first kappa shape index (κ1) is 16.9. The number of benzene rings is 2. The predicted octanol–water partition coefficient (Wildman–Crippen LogP) is 5.05. The van der Waals surface area contributed by atoms with Gasteiger partial charge in [0, 0.05) is 14.8 Å². The molecule has 3 nitrogen and oxygen atoms in total. The summed E-state index contributed by atoms with van der Waals surface area (Å²) in [6.07, 6.45) is 5.60. The third kappa shape index (κ3) is 2.37. The van der Waals surface area contributed by atoms with Gasteiger partial charge in [-0.05, 0) is 78.6 Å². The summed E-state index contributed by atoms with van der Waals surface area (Å²) >= 11 is 7.57. The fraction of sp³-hybridized carbons (Fsp3) is 0.304. The Labute approximate surface area is 172 Å². The number of carbonyl (C=O) groups excluding carboxylic acids is 2. The van der Waals surface area contributed by atoms with Crippen molar-refractivity contribution in [3.8, 4) is 0 Å². The number of carbonyl (C=O) groups is 2. The SMILES string of the molecule is O=C1[C@@H]2[C@H]3C=C[C@@H]([C@@H]4C[C@H]34)[C@@H]2C(=O)N1c1ccc(Sc2ccc(Cl)cc2)cc1. The van der Waals surface area contributed by atoms with Crippen LogP contribution in [0, 0.1) is 35.5 Å². The maximum atomic E-state index is 13.2. The molecule has 0 unspecified atom stereocenters. The van der Waals surface area contributed by atoms with E-state index < -0.39 is 0 Å². The standard InChI is InChI=1S/C23H18ClNO2S/c24-12-1-5-14(6-2-12)28-15-7-3-13(4-8-15)25-22(26)20-16-9-10-17(19-11-18(16)19)21(20)23(25)27/h1-10,16-21H,11H2/t16-,17-,18-,19+,20-,21+/m0/s1. The summed E-state index contributed by atoms with van der Waals surface area (Å²) in [7, 11) is 0. The summed E-state index contributed by atoms with van der Waals surface area (Å²) in [5.41, 5.74) is 0.693. The van der Waals surface area contributed by atoms with Crippen LogP contribution in [0.2, 0.25) is 5.02 Å². The van der Waals surface area contributed by atoms with Crippen molar-refractivity contribution in [2.45, 2.75) is 16.2 Å². The van der Waals surface area contributed by atoms with E-state index in [9.17, 15) is 9.59 Å². The fourth-order valence-corrected chi connectivity index (χ4v) is 6.46. The first-order valence-corrected chi connectivity index (χ1v) is 10.9. The summed E-state index contributed by atoms with van der Waals surface area (Å²) in [4.78, 5) is 29.9. The van der Waals surface area contributed by atoms with Crippen LogP contribution in [-0.4, -0.2) is 11.8 Å². The molecule has 6 atom stereocenters. The number of amides is 2. The lowest BCUT2D eigenvalue weighted by Gasteiger charge is -2.37. The van der Waals surface area contributed by atoms with Gasteiger partial charge in [-0.3, -0.25) is 14.5 Å². The van der Waals surface area contributed by atoms with Crippen molar-refractivity contribution < 1.29 is 9.59 Å². The molecule has 28 heavy (non-hydrogen) atoms. The van der Waals surface area contributed by atoms with E-state index in [-0.39, 0.29) is 35.5 Å². The highest BCUT2D eigenvalue weighted by Crippen LogP contribution is 2.65. The highest BCUT2D eigenvalue weighted by atomic mass is 35.5. The lowest BCUT2D eigenvalue weighted by Crippen LogP contribution is -2.40. The molecular formula is C23H18ClNO2S. The number of rotatable bonds is 3. The van der Waals surface area contributed by atoms with Crippen LogP contribution in [0.15, 0.2) is 70.5 Å². The summed E-state index contributed by atoms with van der Waals surface area (Å²) in [5, 5.41) is 0.716. The first-order valence-electron chi connectivity index (χ1n) is 9.71. The van der Waals surface area contributed by atoms with E-state index in [1.165, 1.54) is 11.3 Å². The maximum absolute atomic E-state index is 13.2. The van der Waals surface area contributed by atoms with Gasteiger partial charge in [0.15, 0.2) is 0 Å². The number of hydrogen-bond donors (Lipinski definition) is 0. The van der Waals surface area contributed by atoms with E-state index in [1.54, 1.807) is 11.8 Å². The van der Waals surface area contributed by atoms with Crippen LogP contribution in [0.4, 0.5) is 5.69 Å². The summed E-state index contributed by atoms with van der Waals surface area (Å²) in [5.74, 6) is 1.50. The molecule has 2 saturated carbocycles. The number of halogens is 1. The molecular weight excluding hydrogens is 390 g/mol. The van der Waals surface area contributed by atoms with Gasteiger partial charge < -0.3 is 0 Å². The zero-order valence-corrected chi connectivity index (χ0v) is 16.6. The topological polar surface area (TPSA) is 37.4 Å². The van der Waals surface area contributed by atoms with Crippen LogP contribution in [0.1, 0.15) is 6.42 Å². The van der Waals surface area contributed by atoms with Crippen molar-refractivity contribution in [3.63, 3.8) is 0 Å². The van der Waals surface area contributed by atoms with Crippen LogP contribution in [0.5, 0.6) is 0 Å². The molecule has 0 N–H and O–H groups in total. The summed E-state index contributed by atoms with van der Waals surface area (Å²) < 4.78 is 0. The number of anilines is 1. The van der Waals surface area contributed by atoms with E-state index in [2.05, 4.69) is 12.2 Å². The molecule has 4 aliphatic carbocycles. The molecule has 5 aliphatic rings. The predicted molar refractivity (Wildman–Crippen MR) is 109 cm³/mol. The Bertz CT molecular complexity index is 980. The van der Waals surface area contributed by atoms with E-state index in [0.29, 0.717) is 22.5 Å². The molecule has 2 bridgehead atoms. The monoisotopic (exact) mass is 407 g/mol. The van der Waals surface area contributed by atoms with Crippen LogP contribution in [0.25, 0.3) is 0 Å². The summed E-state index contributed by atoms with van der Waals surface area (Å²) in [6, 6.07) is 15.4. The smallest absolute Gasteiger partial charge is 0.238 e. The van der Waals surface area contributed by atoms with Crippen LogP contribution in [-0.2, 0) is 9.59 Å². The Kier molecular flexibility index (Phi) is 3.60. The lowest BCUT2D eigenvalue weighted by atomic mass is 9.63. The van der Waals surface area contributed by atoms with Gasteiger partial charge in [0.25, 0.3) is 0 Å². The average molecular weight is 408 g/mol. The molecule has 1 aliphatic heterocycles. The minimum atomic E-state index is -0.144. The molecule has 0 spiro atoms. The molecule has 2 aromatic rings. The maximum Gasteiger partial charge on any atom is 0.238 e. The van der Waals surface area contributed by atoms with Crippen molar-refractivity contribution >= 4 is 40.9 Å². The number of imide groups is 1. The van der Waals surface area contributed by atoms with Gasteiger partial charge in [-0.2, -0.15) is 0 Å². The Morgan fingerprint density at radius 3 is 1.82 bits per heavy atom. The molecule has 1 saturated heterocycles. The quantitative estimate of drug-likeness (QED) is 0.527. The zero-order valence-electron chi connectivity index (χ0n) is 15.0. The Morgan fingerprint density at radius 1 is 0.786 bits per heavy atom. The molecule has 140 valence electrons. The van der Waals surface area contributed by atoms with Gasteiger partial charge in [0.1, 0.15) is 0 Å². The van der Waals surface area contributed by atoms with Gasteiger partial charge in [0.2, 0.25) is 11.8 Å². The molecule has 1 heterocycles. The minimum absolute atomic E-state index is 0.00203. The van der Waals surface area contributed by atoms with Gasteiger partial charge in [-0.1, -0.05) is 35.5 Å². The highest BCUT2D eigenvalue weighted by molar-refractivity contribution is 7.99. The average Bonchev–Trinajstić information content (AvgIpc) is 3.49. The van der Waals surface area contributed by atoms with Crippen molar-refractivity contribution in [1.82, 2.24) is 0 Å². The number of nitrogens with zero attached hydrogens (tertiary/aromatic N) is 1. The van der Waals surface area contributed by atoms with Gasteiger partial charge in [-0.15, -0.1) is 0 Å². The molecule has 2 aromatic carbocycles. The third-order valence-corrected chi connectivity index (χ3v) is 8.07. The second kappa shape index (κ2) is 5.98. The van der Waals surface area contributed by atoms with E-state index >= 15 is 0 Å². The van der Waals surface area contributed by atoms with E-state index in [4.69, 9.17) is 11.6 Å². The zero-order chi connectivity index (χ0) is 19.0. The van der Waals surface area contributed by atoms with Crippen molar-refractivity contribution in [2.75, 3.05) is 4.90 Å². The second-order valence-corrected chi connectivity index (χ2v) is 9.80. The Hall–Kier alpha value is -2.04. The van der Waals surface area contributed by atoms with E-state index in [0.717, 1.165) is 9.79 Å². The Balaban J connectivity index is 1.26. The van der Waals surface area contributed by atoms with Crippen molar-refractivity contribution in [2.24, 2.45) is 35.5 Å². The number of hydrogen-bond acceptors (Lipinski definition) is 3. The van der Waals surface area contributed by atoms with Crippen LogP contribution < -0.4 is 4.90 Å². The van der Waals surface area contributed by atoms with Crippen LogP contribution in [0.3, 0.4) is 0 Å². The largest absolute Gasteiger partial charge is 0.274 e. The summed E-state index contributed by atoms with van der Waals surface area (Å²) in [6.45, 7) is 0. The van der Waals surface area contributed by atoms with E-state index in [1.807, 2.05) is 48.5 Å². The van der Waals surface area contributed by atoms with Crippen molar-refractivity contribution in [1.29, 1.82) is 0 Å². The molecule has 7 rings (SSSR count). The molecule has 5 heteroatoms.